The Labute approximate surface area is 183 Å². The van der Waals surface area contributed by atoms with E-state index in [9.17, 15) is 9.59 Å². The molecule has 1 saturated carbocycles. The van der Waals surface area contributed by atoms with E-state index in [1.807, 2.05) is 12.1 Å². The molecule has 5 rings (SSSR count). The summed E-state index contributed by atoms with van der Waals surface area (Å²) in [5.41, 5.74) is 2.40. The summed E-state index contributed by atoms with van der Waals surface area (Å²) in [4.78, 5) is 38.4. The van der Waals surface area contributed by atoms with Gasteiger partial charge in [-0.05, 0) is 37.7 Å². The summed E-state index contributed by atoms with van der Waals surface area (Å²) >= 11 is 7.51. The topological polar surface area (TPSA) is 81.3 Å². The quantitative estimate of drug-likeness (QED) is 0.649. The molecule has 1 aliphatic heterocycles. The van der Waals surface area contributed by atoms with Crippen molar-refractivity contribution in [2.75, 3.05) is 20.6 Å². The van der Waals surface area contributed by atoms with Crippen LogP contribution >= 0.6 is 22.9 Å². The van der Waals surface area contributed by atoms with Gasteiger partial charge in [-0.1, -0.05) is 11.6 Å². The van der Waals surface area contributed by atoms with Gasteiger partial charge in [-0.25, -0.2) is 4.98 Å². The highest BCUT2D eigenvalue weighted by atomic mass is 35.5. The number of thiazole rings is 1. The molecule has 0 bridgehead atoms. The van der Waals surface area contributed by atoms with Crippen LogP contribution in [0.5, 0.6) is 0 Å². The number of hydrogen-bond donors (Lipinski definition) is 2. The Morgan fingerprint density at radius 2 is 2.20 bits per heavy atom. The Bertz CT molecular complexity index is 1160. The highest BCUT2D eigenvalue weighted by Gasteiger charge is 2.44. The number of amides is 2. The van der Waals surface area contributed by atoms with E-state index < -0.39 is 0 Å². The molecule has 9 heteroatoms. The SMILES string of the molecule is CN1CCc2nc(C(=O)N(C)C3C[C@H]3NC(=O)c3cc4cc(Cl)ccc4[nH]3)sc2C1. The third-order valence-corrected chi connectivity index (χ3v) is 7.13. The number of carbonyl (C=O) groups is 2. The van der Waals surface area contributed by atoms with Crippen molar-refractivity contribution in [3.8, 4) is 0 Å². The number of nitrogens with zero attached hydrogens (tertiary/aromatic N) is 3. The fourth-order valence-corrected chi connectivity index (χ4v) is 5.30. The lowest BCUT2D eigenvalue weighted by molar-refractivity contribution is 0.0773. The van der Waals surface area contributed by atoms with Gasteiger partial charge in [0.05, 0.1) is 17.8 Å². The molecule has 0 radical (unpaired) electrons. The van der Waals surface area contributed by atoms with Crippen LogP contribution in [0.4, 0.5) is 0 Å². The molecule has 2 atom stereocenters. The van der Waals surface area contributed by atoms with Crippen molar-refractivity contribution in [3.05, 3.63) is 50.6 Å². The minimum absolute atomic E-state index is 0.0103. The second kappa shape index (κ2) is 7.37. The van der Waals surface area contributed by atoms with Crippen molar-refractivity contribution >= 4 is 45.7 Å². The van der Waals surface area contributed by atoms with Crippen molar-refractivity contribution < 1.29 is 9.59 Å². The van der Waals surface area contributed by atoms with E-state index in [1.54, 1.807) is 24.1 Å². The van der Waals surface area contributed by atoms with Crippen LogP contribution in [-0.2, 0) is 13.0 Å². The third-order valence-electron chi connectivity index (χ3n) is 5.82. The van der Waals surface area contributed by atoms with E-state index >= 15 is 0 Å². The second-order valence-electron chi connectivity index (χ2n) is 8.09. The average molecular weight is 444 g/mol. The van der Waals surface area contributed by atoms with Gasteiger partial charge in [0.2, 0.25) is 0 Å². The highest BCUT2D eigenvalue weighted by molar-refractivity contribution is 7.13. The Morgan fingerprint density at radius 3 is 3.03 bits per heavy atom. The molecule has 2 N–H and O–H groups in total. The highest BCUT2D eigenvalue weighted by Crippen LogP contribution is 2.31. The molecule has 30 heavy (non-hydrogen) atoms. The van der Waals surface area contributed by atoms with Crippen molar-refractivity contribution in [2.45, 2.75) is 31.5 Å². The van der Waals surface area contributed by atoms with Gasteiger partial charge < -0.3 is 20.1 Å². The van der Waals surface area contributed by atoms with Crippen LogP contribution < -0.4 is 5.32 Å². The molecule has 2 aliphatic rings. The molecule has 0 saturated heterocycles. The molecule has 156 valence electrons. The number of aromatic nitrogens is 2. The fourth-order valence-electron chi connectivity index (χ4n) is 3.95. The van der Waals surface area contributed by atoms with E-state index in [-0.39, 0.29) is 23.9 Å². The lowest BCUT2D eigenvalue weighted by Crippen LogP contribution is -2.36. The Hall–Kier alpha value is -2.42. The van der Waals surface area contributed by atoms with Gasteiger partial charge in [-0.3, -0.25) is 9.59 Å². The first-order valence-electron chi connectivity index (χ1n) is 9.92. The number of fused-ring (bicyclic) bond motifs is 2. The molecule has 1 unspecified atom stereocenters. The lowest BCUT2D eigenvalue weighted by atomic mass is 10.2. The van der Waals surface area contributed by atoms with Gasteiger partial charge in [0, 0.05) is 47.4 Å². The molecular formula is C21H22ClN5O2S. The number of rotatable bonds is 4. The van der Waals surface area contributed by atoms with Gasteiger partial charge in [0.15, 0.2) is 5.01 Å². The minimum Gasteiger partial charge on any atom is -0.351 e. The van der Waals surface area contributed by atoms with Crippen molar-refractivity contribution in [2.24, 2.45) is 0 Å². The van der Waals surface area contributed by atoms with Crippen LogP contribution in [-0.4, -0.2) is 64.3 Å². The van der Waals surface area contributed by atoms with Gasteiger partial charge >= 0.3 is 0 Å². The number of likely N-dealkylation sites (N-methyl/N-ethyl adjacent to an activating group) is 2. The first kappa shape index (κ1) is 19.5. The summed E-state index contributed by atoms with van der Waals surface area (Å²) in [5, 5.41) is 5.09. The lowest BCUT2D eigenvalue weighted by Gasteiger charge is -2.20. The molecule has 1 aromatic carbocycles. The van der Waals surface area contributed by atoms with E-state index in [2.05, 4.69) is 27.2 Å². The number of H-pyrrole nitrogens is 1. The zero-order chi connectivity index (χ0) is 21.0. The first-order valence-corrected chi connectivity index (χ1v) is 11.1. The standard InChI is InChI=1S/C21H22ClN5O2S/c1-26-6-5-14-18(10-26)30-20(25-14)21(29)27(2)17-9-15(17)24-19(28)16-8-11-7-12(22)3-4-13(11)23-16/h3-4,7-8,15,17,23H,5-6,9-10H2,1-2H3,(H,24,28)/t15-,17?/m1/s1. The molecule has 2 aromatic heterocycles. The van der Waals surface area contributed by atoms with Gasteiger partial charge in [-0.15, -0.1) is 11.3 Å². The largest absolute Gasteiger partial charge is 0.351 e. The van der Waals surface area contributed by atoms with Crippen LogP contribution in [0.1, 0.15) is 37.3 Å². The number of hydrogen-bond acceptors (Lipinski definition) is 5. The first-order chi connectivity index (χ1) is 14.4. The predicted octanol–water partition coefficient (Wildman–Crippen LogP) is 2.91. The van der Waals surface area contributed by atoms with E-state index in [4.69, 9.17) is 11.6 Å². The normalized spacial score (nSPS) is 20.8. The third kappa shape index (κ3) is 3.59. The zero-order valence-corrected chi connectivity index (χ0v) is 18.3. The number of aromatic amines is 1. The van der Waals surface area contributed by atoms with E-state index in [1.165, 1.54) is 16.2 Å². The molecule has 1 aliphatic carbocycles. The minimum atomic E-state index is -0.177. The average Bonchev–Trinajstić information content (AvgIpc) is 3.15. The summed E-state index contributed by atoms with van der Waals surface area (Å²) in [6, 6.07) is 7.19. The Balaban J connectivity index is 1.23. The van der Waals surface area contributed by atoms with Gasteiger partial charge in [-0.2, -0.15) is 0 Å². The maximum absolute atomic E-state index is 12.9. The van der Waals surface area contributed by atoms with Crippen molar-refractivity contribution in [1.82, 2.24) is 25.1 Å². The summed E-state index contributed by atoms with van der Waals surface area (Å²) in [7, 11) is 3.87. The summed E-state index contributed by atoms with van der Waals surface area (Å²) in [6.45, 7) is 1.82. The summed E-state index contributed by atoms with van der Waals surface area (Å²) in [6.07, 6.45) is 1.63. The fraction of sp³-hybridized carbons (Fsp3) is 0.381. The van der Waals surface area contributed by atoms with Crippen LogP contribution in [0.3, 0.4) is 0 Å². The summed E-state index contributed by atoms with van der Waals surface area (Å²) in [5.74, 6) is -0.248. The number of carbonyl (C=O) groups excluding carboxylic acids is 2. The zero-order valence-electron chi connectivity index (χ0n) is 16.7. The van der Waals surface area contributed by atoms with E-state index in [0.29, 0.717) is 15.7 Å². The number of benzene rings is 1. The van der Waals surface area contributed by atoms with Crippen LogP contribution in [0.25, 0.3) is 10.9 Å². The smallest absolute Gasteiger partial charge is 0.282 e. The maximum atomic E-state index is 12.9. The molecule has 2 amide bonds. The van der Waals surface area contributed by atoms with Crippen LogP contribution in [0.2, 0.25) is 5.02 Å². The van der Waals surface area contributed by atoms with Gasteiger partial charge in [0.1, 0.15) is 5.69 Å². The number of halogens is 1. The molecule has 7 nitrogen and oxygen atoms in total. The monoisotopic (exact) mass is 443 g/mol. The van der Waals surface area contributed by atoms with Crippen LogP contribution in [0.15, 0.2) is 24.3 Å². The van der Waals surface area contributed by atoms with Crippen molar-refractivity contribution in [1.29, 1.82) is 0 Å². The van der Waals surface area contributed by atoms with E-state index in [0.717, 1.165) is 42.5 Å². The second-order valence-corrected chi connectivity index (χ2v) is 9.61. The summed E-state index contributed by atoms with van der Waals surface area (Å²) < 4.78 is 0. The molecular weight excluding hydrogens is 422 g/mol. The molecule has 0 spiro atoms. The Kier molecular flexibility index (Phi) is 4.80. The van der Waals surface area contributed by atoms with Crippen LogP contribution in [0, 0.1) is 0 Å². The molecule has 3 heterocycles. The predicted molar refractivity (Wildman–Crippen MR) is 117 cm³/mol. The maximum Gasteiger partial charge on any atom is 0.282 e. The molecule has 1 fully saturated rings. The van der Waals surface area contributed by atoms with Gasteiger partial charge in [0.25, 0.3) is 11.8 Å². The Morgan fingerprint density at radius 1 is 1.37 bits per heavy atom. The van der Waals surface area contributed by atoms with Crippen molar-refractivity contribution in [3.63, 3.8) is 0 Å². The number of nitrogens with one attached hydrogen (secondary N) is 2. The molecule has 3 aromatic rings.